The van der Waals surface area contributed by atoms with E-state index in [1.165, 1.54) is 0 Å². The van der Waals surface area contributed by atoms with Gasteiger partial charge in [0.2, 0.25) is 0 Å². The fraction of sp³-hybridized carbons (Fsp3) is 0.357. The van der Waals surface area contributed by atoms with Crippen molar-refractivity contribution in [1.82, 2.24) is 0 Å². The molecule has 1 heterocycles. The lowest BCUT2D eigenvalue weighted by molar-refractivity contribution is 0.306. The van der Waals surface area contributed by atoms with E-state index >= 15 is 0 Å². The molecule has 1 aromatic carbocycles. The first-order valence-electron chi connectivity index (χ1n) is 6.10. The van der Waals surface area contributed by atoms with Crippen LogP contribution < -0.4 is 10.4 Å². The van der Waals surface area contributed by atoms with Gasteiger partial charge in [-0.3, -0.25) is 0 Å². The molecule has 0 radical (unpaired) electrons. The van der Waals surface area contributed by atoms with Gasteiger partial charge in [0, 0.05) is 6.07 Å². The van der Waals surface area contributed by atoms with Gasteiger partial charge < -0.3 is 14.3 Å². The summed E-state index contributed by atoms with van der Waals surface area (Å²) in [7, 11) is 0. The largest absolute Gasteiger partial charge is 0.507 e. The van der Waals surface area contributed by atoms with Crippen LogP contribution in [0.15, 0.2) is 33.5 Å². The second-order valence-corrected chi connectivity index (χ2v) is 4.16. The van der Waals surface area contributed by atoms with Crippen molar-refractivity contribution in [2.75, 3.05) is 6.61 Å². The summed E-state index contributed by atoms with van der Waals surface area (Å²) >= 11 is 0. The molecule has 4 heteroatoms. The summed E-state index contributed by atoms with van der Waals surface area (Å²) in [5.41, 5.74) is -0.226. The Morgan fingerprint density at radius 2 is 2.11 bits per heavy atom. The normalized spacial score (nSPS) is 10.7. The third-order valence-corrected chi connectivity index (χ3v) is 2.71. The van der Waals surface area contributed by atoms with Crippen molar-refractivity contribution in [2.24, 2.45) is 0 Å². The highest BCUT2D eigenvalue weighted by Crippen LogP contribution is 2.26. The number of fused-ring (bicyclic) bond motifs is 1. The summed E-state index contributed by atoms with van der Waals surface area (Å²) in [4.78, 5) is 11.1. The van der Waals surface area contributed by atoms with Gasteiger partial charge in [0.05, 0.1) is 18.1 Å². The Labute approximate surface area is 105 Å². The predicted octanol–water partition coefficient (Wildman–Crippen LogP) is 3.07. The van der Waals surface area contributed by atoms with Gasteiger partial charge in [-0.25, -0.2) is 4.79 Å². The van der Waals surface area contributed by atoms with Crippen molar-refractivity contribution in [3.63, 3.8) is 0 Å². The van der Waals surface area contributed by atoms with Crippen LogP contribution in [0, 0.1) is 0 Å². The molecule has 0 spiro atoms. The van der Waals surface area contributed by atoms with Crippen molar-refractivity contribution < 1.29 is 14.3 Å². The summed E-state index contributed by atoms with van der Waals surface area (Å²) in [6.07, 6.45) is 3.27. The van der Waals surface area contributed by atoms with Crippen LogP contribution in [0.3, 0.4) is 0 Å². The predicted molar refractivity (Wildman–Crippen MR) is 69.2 cm³/mol. The molecule has 0 fully saturated rings. The summed E-state index contributed by atoms with van der Waals surface area (Å²) in [5, 5.41) is 10.1. The van der Waals surface area contributed by atoms with E-state index in [1.54, 1.807) is 18.2 Å². The molecule has 0 aliphatic rings. The summed E-state index contributed by atoms with van der Waals surface area (Å²) in [6.45, 7) is 2.77. The standard InChI is InChI=1S/C14H16O4/c1-2-3-4-7-17-10-5-6-11-12(15)9-14(16)18-13(11)8-10/h5-6,8-9,15H,2-4,7H2,1H3. The van der Waals surface area contributed by atoms with E-state index < -0.39 is 5.63 Å². The van der Waals surface area contributed by atoms with Gasteiger partial charge in [0.1, 0.15) is 17.1 Å². The van der Waals surface area contributed by atoms with Gasteiger partial charge >= 0.3 is 5.63 Å². The smallest absolute Gasteiger partial charge is 0.339 e. The molecule has 0 bridgehead atoms. The number of hydrogen-bond donors (Lipinski definition) is 1. The first-order valence-corrected chi connectivity index (χ1v) is 6.10. The molecule has 2 aromatic rings. The lowest BCUT2D eigenvalue weighted by Crippen LogP contribution is -1.98. The fourth-order valence-corrected chi connectivity index (χ4v) is 1.76. The maximum absolute atomic E-state index is 11.1. The van der Waals surface area contributed by atoms with Crippen LogP contribution in [0.1, 0.15) is 26.2 Å². The van der Waals surface area contributed by atoms with E-state index in [-0.39, 0.29) is 5.75 Å². The van der Waals surface area contributed by atoms with E-state index in [9.17, 15) is 9.90 Å². The topological polar surface area (TPSA) is 59.7 Å². The monoisotopic (exact) mass is 248 g/mol. The van der Waals surface area contributed by atoms with E-state index in [2.05, 4.69) is 6.92 Å². The Morgan fingerprint density at radius 3 is 2.89 bits per heavy atom. The molecule has 0 aliphatic heterocycles. The van der Waals surface area contributed by atoms with Crippen LogP contribution in [-0.4, -0.2) is 11.7 Å². The second-order valence-electron chi connectivity index (χ2n) is 4.16. The average Bonchev–Trinajstić information content (AvgIpc) is 2.34. The van der Waals surface area contributed by atoms with Gasteiger partial charge in [-0.2, -0.15) is 0 Å². The lowest BCUT2D eigenvalue weighted by atomic mass is 10.2. The number of rotatable bonds is 5. The van der Waals surface area contributed by atoms with Crippen molar-refractivity contribution >= 4 is 11.0 Å². The highest BCUT2D eigenvalue weighted by Gasteiger charge is 2.05. The molecule has 0 amide bonds. The third kappa shape index (κ3) is 2.83. The average molecular weight is 248 g/mol. The summed E-state index contributed by atoms with van der Waals surface area (Å²) < 4.78 is 10.6. The number of benzene rings is 1. The number of unbranched alkanes of at least 4 members (excludes halogenated alkanes) is 2. The molecule has 1 aromatic heterocycles. The number of hydrogen-bond acceptors (Lipinski definition) is 4. The van der Waals surface area contributed by atoms with Crippen LogP contribution in [0.2, 0.25) is 0 Å². The maximum Gasteiger partial charge on any atom is 0.339 e. The molecule has 0 saturated heterocycles. The molecule has 4 nitrogen and oxygen atoms in total. The minimum absolute atomic E-state index is 0.0706. The summed E-state index contributed by atoms with van der Waals surface area (Å²) in [6, 6.07) is 6.13. The Balaban J connectivity index is 2.19. The lowest BCUT2D eigenvalue weighted by Gasteiger charge is -2.06. The maximum atomic E-state index is 11.1. The Kier molecular flexibility index (Phi) is 3.87. The second kappa shape index (κ2) is 5.58. The number of aromatic hydroxyl groups is 1. The molecule has 0 atom stereocenters. The van der Waals surface area contributed by atoms with Crippen molar-refractivity contribution in [3.05, 3.63) is 34.7 Å². The van der Waals surface area contributed by atoms with Crippen LogP contribution >= 0.6 is 0 Å². The minimum Gasteiger partial charge on any atom is -0.507 e. The Bertz CT molecular complexity index is 586. The zero-order valence-corrected chi connectivity index (χ0v) is 10.3. The molecule has 18 heavy (non-hydrogen) atoms. The molecular formula is C14H16O4. The zero-order valence-electron chi connectivity index (χ0n) is 10.3. The van der Waals surface area contributed by atoms with Gasteiger partial charge in [-0.15, -0.1) is 0 Å². The van der Waals surface area contributed by atoms with E-state index in [1.807, 2.05) is 0 Å². The van der Waals surface area contributed by atoms with Crippen LogP contribution in [0.25, 0.3) is 11.0 Å². The quantitative estimate of drug-likeness (QED) is 0.652. The molecule has 0 saturated carbocycles. The Hall–Kier alpha value is -1.97. The van der Waals surface area contributed by atoms with Gasteiger partial charge in [0.25, 0.3) is 0 Å². The number of ether oxygens (including phenoxy) is 1. The molecular weight excluding hydrogens is 232 g/mol. The first-order chi connectivity index (χ1) is 8.70. The summed E-state index contributed by atoms with van der Waals surface area (Å²) in [5.74, 6) is 0.575. The van der Waals surface area contributed by atoms with Gasteiger partial charge in [0.15, 0.2) is 0 Å². The SMILES string of the molecule is CCCCCOc1ccc2c(O)cc(=O)oc2c1. The van der Waals surface area contributed by atoms with Gasteiger partial charge in [-0.05, 0) is 18.6 Å². The molecule has 0 aliphatic carbocycles. The highest BCUT2D eigenvalue weighted by atomic mass is 16.5. The van der Waals surface area contributed by atoms with Crippen molar-refractivity contribution in [2.45, 2.75) is 26.2 Å². The van der Waals surface area contributed by atoms with Crippen LogP contribution in [0.5, 0.6) is 11.5 Å². The molecule has 0 unspecified atom stereocenters. The van der Waals surface area contributed by atoms with Gasteiger partial charge in [-0.1, -0.05) is 19.8 Å². The van der Waals surface area contributed by atoms with E-state index in [0.29, 0.717) is 23.3 Å². The van der Waals surface area contributed by atoms with Crippen LogP contribution in [-0.2, 0) is 0 Å². The van der Waals surface area contributed by atoms with Crippen molar-refractivity contribution in [1.29, 1.82) is 0 Å². The van der Waals surface area contributed by atoms with E-state index in [4.69, 9.17) is 9.15 Å². The van der Waals surface area contributed by atoms with E-state index in [0.717, 1.165) is 25.3 Å². The minimum atomic E-state index is -0.567. The molecule has 2 rings (SSSR count). The van der Waals surface area contributed by atoms with Crippen LogP contribution in [0.4, 0.5) is 0 Å². The molecule has 1 N–H and O–H groups in total. The first kappa shape index (κ1) is 12.5. The Morgan fingerprint density at radius 1 is 1.28 bits per heavy atom. The third-order valence-electron chi connectivity index (χ3n) is 2.71. The zero-order chi connectivity index (χ0) is 13.0. The fourth-order valence-electron chi connectivity index (χ4n) is 1.76. The molecule has 96 valence electrons. The van der Waals surface area contributed by atoms with Crippen molar-refractivity contribution in [3.8, 4) is 11.5 Å². The highest BCUT2D eigenvalue weighted by molar-refractivity contribution is 5.83.